The molecule has 0 fully saturated rings. The second-order valence-electron chi connectivity index (χ2n) is 14.1. The normalized spacial score (nSPS) is 13.1. The zero-order chi connectivity index (χ0) is 34.1. The molecule has 2 nitrogen and oxygen atoms in total. The summed E-state index contributed by atoms with van der Waals surface area (Å²) in [6.07, 6.45) is 0. The third-order valence-electron chi connectivity index (χ3n) is 10.8. The topological polar surface area (TPSA) is 16.4 Å². The van der Waals surface area contributed by atoms with Crippen molar-refractivity contribution in [1.82, 2.24) is 0 Å². The van der Waals surface area contributed by atoms with Crippen LogP contribution in [0.15, 0.2) is 180 Å². The minimum atomic E-state index is -0.136. The average molecular weight is 654 g/mol. The number of hydrogen-bond acceptors (Lipinski definition) is 2. The first-order chi connectivity index (χ1) is 25.0. The molecule has 0 saturated heterocycles. The lowest BCUT2D eigenvalue weighted by Crippen LogP contribution is -2.17. The standard InChI is InChI=1S/C49H35NO/c1-49(2)44-20-10-8-18-39(44)43-31-37(30-42(48(43)49)34-13-4-3-5-14-34)50(45-21-12-16-33-15-6-7-17-38(33)45)36-26-23-32(24-27-36)35-25-28-41-40-19-9-11-22-46(40)51-47(41)29-35/h3-31H,1-2H3. The Bertz CT molecular complexity index is 2770. The van der Waals surface area contributed by atoms with Gasteiger partial charge in [0.2, 0.25) is 0 Å². The van der Waals surface area contributed by atoms with E-state index in [1.807, 2.05) is 12.1 Å². The van der Waals surface area contributed by atoms with Gasteiger partial charge in [-0.2, -0.15) is 0 Å². The van der Waals surface area contributed by atoms with Gasteiger partial charge in [-0.1, -0.05) is 141 Å². The molecule has 0 atom stereocenters. The summed E-state index contributed by atoms with van der Waals surface area (Å²) in [7, 11) is 0. The van der Waals surface area contributed by atoms with Crippen molar-refractivity contribution in [3.05, 3.63) is 187 Å². The van der Waals surface area contributed by atoms with Gasteiger partial charge in [0.05, 0.1) is 5.69 Å². The minimum Gasteiger partial charge on any atom is -0.456 e. The summed E-state index contributed by atoms with van der Waals surface area (Å²) in [5.41, 5.74) is 15.2. The van der Waals surface area contributed by atoms with Gasteiger partial charge < -0.3 is 9.32 Å². The molecule has 10 rings (SSSR count). The van der Waals surface area contributed by atoms with Gasteiger partial charge in [-0.25, -0.2) is 0 Å². The average Bonchev–Trinajstić information content (AvgIpc) is 3.67. The van der Waals surface area contributed by atoms with Crippen molar-refractivity contribution in [1.29, 1.82) is 0 Å². The number of para-hydroxylation sites is 1. The van der Waals surface area contributed by atoms with Crippen LogP contribution >= 0.6 is 0 Å². The quantitative estimate of drug-likeness (QED) is 0.184. The summed E-state index contributed by atoms with van der Waals surface area (Å²) in [5, 5.41) is 4.72. The summed E-state index contributed by atoms with van der Waals surface area (Å²) < 4.78 is 6.25. The van der Waals surface area contributed by atoms with Crippen LogP contribution < -0.4 is 4.90 Å². The molecular weight excluding hydrogens is 619 g/mol. The van der Waals surface area contributed by atoms with Gasteiger partial charge in [0.25, 0.3) is 0 Å². The number of rotatable bonds is 5. The molecule has 1 aliphatic rings. The summed E-state index contributed by atoms with van der Waals surface area (Å²) in [5.74, 6) is 0. The van der Waals surface area contributed by atoms with E-state index in [1.54, 1.807) is 0 Å². The summed E-state index contributed by atoms with van der Waals surface area (Å²) >= 11 is 0. The third-order valence-corrected chi connectivity index (χ3v) is 10.8. The highest BCUT2D eigenvalue weighted by Gasteiger charge is 2.38. The largest absolute Gasteiger partial charge is 0.456 e. The fraction of sp³-hybridized carbons (Fsp3) is 0.0612. The van der Waals surface area contributed by atoms with Crippen molar-refractivity contribution in [3.8, 4) is 33.4 Å². The van der Waals surface area contributed by atoms with E-state index >= 15 is 0 Å². The molecule has 0 radical (unpaired) electrons. The lowest BCUT2D eigenvalue weighted by molar-refractivity contribution is 0.662. The van der Waals surface area contributed by atoms with Gasteiger partial charge in [0.15, 0.2) is 0 Å². The Labute approximate surface area is 297 Å². The molecule has 2 heteroatoms. The van der Waals surface area contributed by atoms with Crippen molar-refractivity contribution in [2.45, 2.75) is 19.3 Å². The second kappa shape index (κ2) is 11.3. The Morgan fingerprint density at radius 2 is 1.10 bits per heavy atom. The molecule has 0 unspecified atom stereocenters. The van der Waals surface area contributed by atoms with E-state index in [4.69, 9.17) is 4.42 Å². The Morgan fingerprint density at radius 1 is 0.431 bits per heavy atom. The van der Waals surface area contributed by atoms with Gasteiger partial charge in [-0.3, -0.25) is 0 Å². The molecule has 242 valence electrons. The number of benzene rings is 8. The van der Waals surface area contributed by atoms with Crippen LogP contribution in [0, 0.1) is 0 Å². The zero-order valence-electron chi connectivity index (χ0n) is 28.6. The predicted molar refractivity (Wildman–Crippen MR) is 214 cm³/mol. The van der Waals surface area contributed by atoms with E-state index in [9.17, 15) is 0 Å². The Hall–Kier alpha value is -6.38. The zero-order valence-corrected chi connectivity index (χ0v) is 28.6. The Kier molecular flexibility index (Phi) is 6.56. The number of fused-ring (bicyclic) bond motifs is 7. The SMILES string of the molecule is CC1(C)c2ccccc2-c2cc(N(c3ccc(-c4ccc5c(c4)oc4ccccc45)cc3)c3cccc4ccccc34)cc(-c3ccccc3)c21. The van der Waals surface area contributed by atoms with Crippen molar-refractivity contribution < 1.29 is 4.42 Å². The van der Waals surface area contributed by atoms with Crippen molar-refractivity contribution in [2.24, 2.45) is 0 Å². The van der Waals surface area contributed by atoms with Crippen LogP contribution in [0.2, 0.25) is 0 Å². The highest BCUT2D eigenvalue weighted by molar-refractivity contribution is 6.06. The first kappa shape index (κ1) is 29.5. The molecule has 8 aromatic carbocycles. The Balaban J connectivity index is 1.18. The monoisotopic (exact) mass is 653 g/mol. The lowest BCUT2D eigenvalue weighted by atomic mass is 9.78. The van der Waals surface area contributed by atoms with Gasteiger partial charge in [-0.05, 0) is 98.4 Å². The van der Waals surface area contributed by atoms with Gasteiger partial charge in [0, 0.05) is 32.9 Å². The second-order valence-corrected chi connectivity index (χ2v) is 14.1. The molecule has 9 aromatic rings. The maximum atomic E-state index is 6.25. The molecule has 0 saturated carbocycles. The number of furan rings is 1. The fourth-order valence-corrected chi connectivity index (χ4v) is 8.42. The highest BCUT2D eigenvalue weighted by Crippen LogP contribution is 2.54. The highest BCUT2D eigenvalue weighted by atomic mass is 16.3. The van der Waals surface area contributed by atoms with Crippen molar-refractivity contribution >= 4 is 49.8 Å². The van der Waals surface area contributed by atoms with Crippen LogP contribution in [0.4, 0.5) is 17.1 Å². The summed E-state index contributed by atoms with van der Waals surface area (Å²) in [6, 6.07) is 63.7. The van der Waals surface area contributed by atoms with Gasteiger partial charge in [-0.15, -0.1) is 0 Å². The third kappa shape index (κ3) is 4.64. The number of anilines is 3. The van der Waals surface area contributed by atoms with E-state index < -0.39 is 0 Å². The van der Waals surface area contributed by atoms with Crippen LogP contribution in [0.5, 0.6) is 0 Å². The van der Waals surface area contributed by atoms with Crippen molar-refractivity contribution in [3.63, 3.8) is 0 Å². The molecule has 1 aliphatic carbocycles. The maximum absolute atomic E-state index is 6.25. The first-order valence-corrected chi connectivity index (χ1v) is 17.7. The van der Waals surface area contributed by atoms with Gasteiger partial charge in [0.1, 0.15) is 11.2 Å². The Morgan fingerprint density at radius 3 is 1.96 bits per heavy atom. The molecule has 1 aromatic heterocycles. The molecule has 0 N–H and O–H groups in total. The molecule has 1 heterocycles. The minimum absolute atomic E-state index is 0.136. The maximum Gasteiger partial charge on any atom is 0.136 e. The van der Waals surface area contributed by atoms with E-state index in [0.29, 0.717) is 0 Å². The molecule has 0 spiro atoms. The summed E-state index contributed by atoms with van der Waals surface area (Å²) in [6.45, 7) is 4.74. The number of hydrogen-bond donors (Lipinski definition) is 0. The molecule has 51 heavy (non-hydrogen) atoms. The first-order valence-electron chi connectivity index (χ1n) is 17.7. The molecule has 0 amide bonds. The van der Waals surface area contributed by atoms with E-state index in [0.717, 1.165) is 50.1 Å². The van der Waals surface area contributed by atoms with E-state index in [-0.39, 0.29) is 5.41 Å². The smallest absolute Gasteiger partial charge is 0.136 e. The van der Waals surface area contributed by atoms with Crippen LogP contribution in [0.1, 0.15) is 25.0 Å². The van der Waals surface area contributed by atoms with Crippen LogP contribution in [0.25, 0.3) is 66.1 Å². The molecular formula is C49H35NO. The number of nitrogens with zero attached hydrogens (tertiary/aromatic N) is 1. The van der Waals surface area contributed by atoms with Crippen LogP contribution in [-0.4, -0.2) is 0 Å². The fourth-order valence-electron chi connectivity index (χ4n) is 8.42. The van der Waals surface area contributed by atoms with Gasteiger partial charge >= 0.3 is 0 Å². The van der Waals surface area contributed by atoms with E-state index in [2.05, 4.69) is 183 Å². The van der Waals surface area contributed by atoms with Crippen molar-refractivity contribution in [2.75, 3.05) is 4.90 Å². The van der Waals surface area contributed by atoms with Crippen LogP contribution in [-0.2, 0) is 5.41 Å². The predicted octanol–water partition coefficient (Wildman–Crippen LogP) is 13.8. The van der Waals surface area contributed by atoms with E-state index in [1.165, 1.54) is 44.2 Å². The lowest BCUT2D eigenvalue weighted by Gasteiger charge is -2.30. The summed E-state index contributed by atoms with van der Waals surface area (Å²) in [4.78, 5) is 2.44. The van der Waals surface area contributed by atoms with Crippen LogP contribution in [0.3, 0.4) is 0 Å². The molecule has 0 bridgehead atoms. The molecule has 0 aliphatic heterocycles.